The molecule has 6 rings (SSSR count). The Morgan fingerprint density at radius 2 is 1.97 bits per heavy atom. The Hall–Kier alpha value is -3.42. The molecule has 1 saturated carbocycles. The van der Waals surface area contributed by atoms with Gasteiger partial charge in [-0.2, -0.15) is 5.10 Å². The SMILES string of the molecule is O=C(c1cnn2cccnc12)N1CCCC2(C1)Nc1ccccc1NC2=NC1CCCC1. The molecule has 1 spiro atoms. The first kappa shape index (κ1) is 19.3. The lowest BCUT2D eigenvalue weighted by Gasteiger charge is -2.47. The van der Waals surface area contributed by atoms with Crippen molar-refractivity contribution in [1.29, 1.82) is 0 Å². The Balaban J connectivity index is 1.35. The molecule has 3 aromatic rings. The first-order chi connectivity index (χ1) is 15.7. The molecule has 32 heavy (non-hydrogen) atoms. The highest BCUT2D eigenvalue weighted by atomic mass is 16.2. The zero-order chi connectivity index (χ0) is 21.5. The minimum Gasteiger partial charge on any atom is -0.370 e. The highest BCUT2D eigenvalue weighted by Crippen LogP contribution is 2.37. The summed E-state index contributed by atoms with van der Waals surface area (Å²) in [6.45, 7) is 1.27. The Morgan fingerprint density at radius 3 is 2.84 bits per heavy atom. The molecule has 8 nitrogen and oxygen atoms in total. The van der Waals surface area contributed by atoms with Crippen LogP contribution in [0.3, 0.4) is 0 Å². The summed E-state index contributed by atoms with van der Waals surface area (Å²) >= 11 is 0. The summed E-state index contributed by atoms with van der Waals surface area (Å²) in [6.07, 6.45) is 11.7. The normalized spacial score (nSPS) is 24.5. The van der Waals surface area contributed by atoms with E-state index in [-0.39, 0.29) is 5.91 Å². The van der Waals surface area contributed by atoms with Gasteiger partial charge in [-0.3, -0.25) is 9.79 Å². The molecule has 164 valence electrons. The number of piperidine rings is 1. The van der Waals surface area contributed by atoms with E-state index in [4.69, 9.17) is 4.99 Å². The first-order valence-corrected chi connectivity index (χ1v) is 11.5. The molecular weight excluding hydrogens is 402 g/mol. The fraction of sp³-hybridized carbons (Fsp3) is 0.417. The van der Waals surface area contributed by atoms with E-state index in [1.807, 2.05) is 29.3 Å². The number of likely N-dealkylation sites (tertiary alicyclic amines) is 1. The molecule has 4 heterocycles. The number of fused-ring (bicyclic) bond motifs is 2. The van der Waals surface area contributed by atoms with Crippen molar-refractivity contribution in [2.75, 3.05) is 23.7 Å². The van der Waals surface area contributed by atoms with E-state index in [0.717, 1.165) is 42.9 Å². The maximum absolute atomic E-state index is 13.5. The van der Waals surface area contributed by atoms with Crippen molar-refractivity contribution in [3.63, 3.8) is 0 Å². The summed E-state index contributed by atoms with van der Waals surface area (Å²) in [5.41, 5.74) is 2.83. The molecule has 1 atom stereocenters. The summed E-state index contributed by atoms with van der Waals surface area (Å²) in [5, 5.41) is 11.7. The second-order valence-electron chi connectivity index (χ2n) is 9.07. The lowest BCUT2D eigenvalue weighted by Crippen LogP contribution is -2.62. The average Bonchev–Trinajstić information content (AvgIpc) is 3.49. The standard InChI is InChI=1S/C24H27N7O/c32-22(18-15-26-31-14-6-12-25-21(18)31)30-13-5-11-24(16-30)23(27-17-7-1-2-8-17)28-19-9-3-4-10-20(19)29-24/h3-4,6,9-10,12,14-15,17,29H,1-2,5,7-8,11,13,16H2,(H,27,28). The Bertz CT molecular complexity index is 1200. The van der Waals surface area contributed by atoms with Crippen LogP contribution in [-0.4, -0.2) is 55.9 Å². The van der Waals surface area contributed by atoms with Gasteiger partial charge in [0.25, 0.3) is 5.91 Å². The van der Waals surface area contributed by atoms with E-state index >= 15 is 0 Å². The number of aromatic nitrogens is 3. The summed E-state index contributed by atoms with van der Waals surface area (Å²) < 4.78 is 1.65. The zero-order valence-electron chi connectivity index (χ0n) is 18.0. The van der Waals surface area contributed by atoms with Crippen LogP contribution in [0.1, 0.15) is 48.9 Å². The highest BCUT2D eigenvalue weighted by molar-refractivity contribution is 6.10. The number of rotatable bonds is 2. The lowest BCUT2D eigenvalue weighted by molar-refractivity contribution is 0.0696. The van der Waals surface area contributed by atoms with Crippen LogP contribution in [0.15, 0.2) is 53.9 Å². The number of benzene rings is 1. The van der Waals surface area contributed by atoms with Gasteiger partial charge in [-0.1, -0.05) is 25.0 Å². The fourth-order valence-electron chi connectivity index (χ4n) is 5.31. The molecule has 2 fully saturated rings. The van der Waals surface area contributed by atoms with Crippen molar-refractivity contribution < 1.29 is 4.79 Å². The van der Waals surface area contributed by atoms with Crippen LogP contribution in [-0.2, 0) is 0 Å². The summed E-state index contributed by atoms with van der Waals surface area (Å²) in [6, 6.07) is 10.4. The van der Waals surface area contributed by atoms with Gasteiger partial charge >= 0.3 is 0 Å². The third kappa shape index (κ3) is 3.21. The van der Waals surface area contributed by atoms with Crippen LogP contribution in [0.25, 0.3) is 5.65 Å². The number of aliphatic imine (C=N–C) groups is 1. The van der Waals surface area contributed by atoms with Crippen molar-refractivity contribution in [3.8, 4) is 0 Å². The summed E-state index contributed by atoms with van der Waals surface area (Å²) in [5.74, 6) is 0.942. The van der Waals surface area contributed by atoms with Crippen molar-refractivity contribution in [2.24, 2.45) is 4.99 Å². The Labute approximate surface area is 186 Å². The largest absolute Gasteiger partial charge is 0.370 e. The molecular formula is C24H27N7O. The van der Waals surface area contributed by atoms with E-state index in [2.05, 4.69) is 32.8 Å². The molecule has 1 amide bonds. The van der Waals surface area contributed by atoms with E-state index in [1.54, 1.807) is 16.9 Å². The van der Waals surface area contributed by atoms with Gasteiger partial charge in [-0.25, -0.2) is 9.50 Å². The highest BCUT2D eigenvalue weighted by Gasteiger charge is 2.45. The number of anilines is 2. The maximum atomic E-state index is 13.5. The molecule has 8 heteroatoms. The molecule has 1 aromatic carbocycles. The molecule has 2 aromatic heterocycles. The molecule has 1 unspecified atom stereocenters. The molecule has 1 saturated heterocycles. The van der Waals surface area contributed by atoms with Crippen LogP contribution in [0, 0.1) is 0 Å². The molecule has 2 N–H and O–H groups in total. The minimum absolute atomic E-state index is 0.0290. The van der Waals surface area contributed by atoms with Gasteiger partial charge in [0.05, 0.1) is 30.2 Å². The quantitative estimate of drug-likeness (QED) is 0.650. The van der Waals surface area contributed by atoms with E-state index < -0.39 is 5.54 Å². The zero-order valence-corrected chi connectivity index (χ0v) is 18.0. The Morgan fingerprint density at radius 1 is 1.12 bits per heavy atom. The second kappa shape index (κ2) is 7.62. The maximum Gasteiger partial charge on any atom is 0.259 e. The minimum atomic E-state index is -0.415. The van der Waals surface area contributed by atoms with Crippen LogP contribution in [0.2, 0.25) is 0 Å². The predicted octanol–water partition coefficient (Wildman–Crippen LogP) is 3.58. The van der Waals surface area contributed by atoms with Gasteiger partial charge in [0, 0.05) is 18.9 Å². The third-order valence-corrected chi connectivity index (χ3v) is 6.93. The van der Waals surface area contributed by atoms with E-state index in [9.17, 15) is 4.79 Å². The monoisotopic (exact) mass is 429 g/mol. The van der Waals surface area contributed by atoms with Gasteiger partial charge in [0.2, 0.25) is 0 Å². The number of nitrogens with one attached hydrogen (secondary N) is 2. The second-order valence-corrected chi connectivity index (χ2v) is 9.07. The van der Waals surface area contributed by atoms with Gasteiger partial charge in [0.1, 0.15) is 16.9 Å². The van der Waals surface area contributed by atoms with E-state index in [0.29, 0.717) is 30.3 Å². The third-order valence-electron chi connectivity index (χ3n) is 6.93. The molecule has 2 aliphatic heterocycles. The molecule has 0 radical (unpaired) electrons. The van der Waals surface area contributed by atoms with Crippen molar-refractivity contribution in [1.82, 2.24) is 19.5 Å². The average molecular weight is 430 g/mol. The van der Waals surface area contributed by atoms with Crippen LogP contribution >= 0.6 is 0 Å². The molecule has 3 aliphatic rings. The van der Waals surface area contributed by atoms with E-state index in [1.165, 1.54) is 12.8 Å². The number of para-hydroxylation sites is 2. The number of hydrogen-bond acceptors (Lipinski definition) is 5. The number of amidine groups is 1. The topological polar surface area (TPSA) is 86.9 Å². The van der Waals surface area contributed by atoms with Crippen LogP contribution in [0.4, 0.5) is 11.4 Å². The van der Waals surface area contributed by atoms with Crippen LogP contribution in [0.5, 0.6) is 0 Å². The fourth-order valence-corrected chi connectivity index (χ4v) is 5.31. The number of carbonyl (C=O) groups is 1. The molecule has 1 aliphatic carbocycles. The van der Waals surface area contributed by atoms with Crippen molar-refractivity contribution in [2.45, 2.75) is 50.1 Å². The summed E-state index contributed by atoms with van der Waals surface area (Å²) in [4.78, 5) is 25.0. The number of amides is 1. The van der Waals surface area contributed by atoms with Gasteiger partial charge in [-0.15, -0.1) is 0 Å². The first-order valence-electron chi connectivity index (χ1n) is 11.5. The van der Waals surface area contributed by atoms with Crippen LogP contribution < -0.4 is 10.6 Å². The predicted molar refractivity (Wildman–Crippen MR) is 124 cm³/mol. The summed E-state index contributed by atoms with van der Waals surface area (Å²) in [7, 11) is 0. The smallest absolute Gasteiger partial charge is 0.259 e. The molecule has 0 bridgehead atoms. The van der Waals surface area contributed by atoms with Crippen molar-refractivity contribution >= 4 is 28.8 Å². The van der Waals surface area contributed by atoms with Gasteiger partial charge in [-0.05, 0) is 43.9 Å². The Kier molecular flexibility index (Phi) is 4.59. The van der Waals surface area contributed by atoms with Crippen molar-refractivity contribution in [3.05, 3.63) is 54.5 Å². The van der Waals surface area contributed by atoms with Gasteiger partial charge in [0.15, 0.2) is 5.65 Å². The number of hydrogen-bond donors (Lipinski definition) is 2. The lowest BCUT2D eigenvalue weighted by atomic mass is 9.84. The number of carbonyl (C=O) groups excluding carboxylic acids is 1. The number of nitrogens with zero attached hydrogens (tertiary/aromatic N) is 5. The van der Waals surface area contributed by atoms with Gasteiger partial charge < -0.3 is 15.5 Å².